The molecule has 0 atom stereocenters. The van der Waals surface area contributed by atoms with Gasteiger partial charge in [0.15, 0.2) is 0 Å². The number of rotatable bonds is 5. The van der Waals surface area contributed by atoms with Gasteiger partial charge >= 0.3 is 0 Å². The number of pyridine rings is 1. The van der Waals surface area contributed by atoms with E-state index in [1.54, 1.807) is 18.3 Å². The Hall–Kier alpha value is -2.36. The smallest absolute Gasteiger partial charge is 0.228 e. The zero-order valence-electron chi connectivity index (χ0n) is 12.5. The second-order valence-electron chi connectivity index (χ2n) is 5.09. The highest BCUT2D eigenvalue weighted by Crippen LogP contribution is 2.12. The molecule has 0 saturated carbocycles. The number of carbonyl (C=O) groups excluding carboxylic acids is 1. The van der Waals surface area contributed by atoms with E-state index in [0.717, 1.165) is 5.69 Å². The van der Waals surface area contributed by atoms with E-state index < -0.39 is 0 Å². The molecule has 2 aromatic rings. The van der Waals surface area contributed by atoms with Crippen molar-refractivity contribution < 1.29 is 4.79 Å². The summed E-state index contributed by atoms with van der Waals surface area (Å²) in [7, 11) is 0. The molecule has 0 aliphatic rings. The standard InChI is InChI=1S/C17H21N3O/c1-3-20(12-14-7-5-4-6-13(14)2)17(21)10-16-9-8-15(18)11-19-16/h4-9,11H,3,10,12,18H2,1-2H3. The second-order valence-corrected chi connectivity index (χ2v) is 5.09. The molecule has 1 aromatic carbocycles. The van der Waals surface area contributed by atoms with Gasteiger partial charge in [-0.15, -0.1) is 0 Å². The predicted octanol–water partition coefficient (Wildman–Crippen LogP) is 2.56. The quantitative estimate of drug-likeness (QED) is 0.917. The van der Waals surface area contributed by atoms with Crippen LogP contribution < -0.4 is 5.73 Å². The molecule has 1 amide bonds. The summed E-state index contributed by atoms with van der Waals surface area (Å²) in [5.74, 6) is 0.0815. The summed E-state index contributed by atoms with van der Waals surface area (Å²) in [6, 6.07) is 11.7. The lowest BCUT2D eigenvalue weighted by Crippen LogP contribution is -2.32. The molecule has 0 spiro atoms. The number of aromatic nitrogens is 1. The number of amides is 1. The summed E-state index contributed by atoms with van der Waals surface area (Å²) < 4.78 is 0. The number of likely N-dealkylation sites (N-methyl/N-ethyl adjacent to an activating group) is 1. The number of nitrogens with two attached hydrogens (primary N) is 1. The lowest BCUT2D eigenvalue weighted by molar-refractivity contribution is -0.130. The van der Waals surface area contributed by atoms with Crippen molar-refractivity contribution >= 4 is 11.6 Å². The molecule has 1 heterocycles. The van der Waals surface area contributed by atoms with E-state index in [1.807, 2.05) is 24.0 Å². The third-order valence-corrected chi connectivity index (χ3v) is 3.54. The number of hydrogen-bond acceptors (Lipinski definition) is 3. The van der Waals surface area contributed by atoms with Gasteiger partial charge in [0.05, 0.1) is 18.3 Å². The Kier molecular flexibility index (Phi) is 4.93. The zero-order chi connectivity index (χ0) is 15.2. The maximum absolute atomic E-state index is 12.4. The maximum atomic E-state index is 12.4. The molecule has 2 rings (SSSR count). The van der Waals surface area contributed by atoms with Crippen LogP contribution in [0.4, 0.5) is 5.69 Å². The van der Waals surface area contributed by atoms with E-state index in [2.05, 4.69) is 24.0 Å². The van der Waals surface area contributed by atoms with Gasteiger partial charge in [0, 0.05) is 18.8 Å². The zero-order valence-corrected chi connectivity index (χ0v) is 12.5. The van der Waals surface area contributed by atoms with Crippen molar-refractivity contribution in [3.63, 3.8) is 0 Å². The first kappa shape index (κ1) is 15.0. The van der Waals surface area contributed by atoms with Crippen molar-refractivity contribution in [1.82, 2.24) is 9.88 Å². The van der Waals surface area contributed by atoms with Gasteiger partial charge < -0.3 is 10.6 Å². The second kappa shape index (κ2) is 6.88. The summed E-state index contributed by atoms with van der Waals surface area (Å²) in [4.78, 5) is 18.4. The summed E-state index contributed by atoms with van der Waals surface area (Å²) in [5.41, 5.74) is 9.34. The Balaban J connectivity index is 2.05. The average molecular weight is 283 g/mol. The molecule has 0 fully saturated rings. The highest BCUT2D eigenvalue weighted by molar-refractivity contribution is 5.78. The molecule has 4 nitrogen and oxygen atoms in total. The highest BCUT2D eigenvalue weighted by Gasteiger charge is 2.14. The lowest BCUT2D eigenvalue weighted by Gasteiger charge is -2.22. The lowest BCUT2D eigenvalue weighted by atomic mass is 10.1. The fourth-order valence-corrected chi connectivity index (χ4v) is 2.18. The fourth-order valence-electron chi connectivity index (χ4n) is 2.18. The Labute approximate surface area is 125 Å². The van der Waals surface area contributed by atoms with Crippen molar-refractivity contribution in [2.75, 3.05) is 12.3 Å². The molecule has 0 saturated heterocycles. The van der Waals surface area contributed by atoms with E-state index in [9.17, 15) is 4.79 Å². The minimum atomic E-state index is 0.0815. The van der Waals surface area contributed by atoms with Crippen LogP contribution in [-0.4, -0.2) is 22.3 Å². The van der Waals surface area contributed by atoms with Gasteiger partial charge in [-0.1, -0.05) is 24.3 Å². The first-order valence-corrected chi connectivity index (χ1v) is 7.13. The van der Waals surface area contributed by atoms with Crippen LogP contribution in [0.1, 0.15) is 23.7 Å². The number of nitrogens with zero attached hydrogens (tertiary/aromatic N) is 2. The van der Waals surface area contributed by atoms with Gasteiger partial charge in [-0.3, -0.25) is 9.78 Å². The normalized spacial score (nSPS) is 10.4. The fraction of sp³-hybridized carbons (Fsp3) is 0.294. The third kappa shape index (κ3) is 4.05. The highest BCUT2D eigenvalue weighted by atomic mass is 16.2. The van der Waals surface area contributed by atoms with Gasteiger partial charge in [-0.05, 0) is 37.1 Å². The largest absolute Gasteiger partial charge is 0.397 e. The summed E-state index contributed by atoms with van der Waals surface area (Å²) in [6.07, 6.45) is 1.89. The SMILES string of the molecule is CCN(Cc1ccccc1C)C(=O)Cc1ccc(N)cn1. The molecule has 0 aliphatic carbocycles. The van der Waals surface area contributed by atoms with E-state index in [-0.39, 0.29) is 5.91 Å². The number of carbonyl (C=O) groups is 1. The van der Waals surface area contributed by atoms with E-state index >= 15 is 0 Å². The van der Waals surface area contributed by atoms with Crippen molar-refractivity contribution in [1.29, 1.82) is 0 Å². The molecule has 21 heavy (non-hydrogen) atoms. The number of anilines is 1. The molecular formula is C17H21N3O. The molecule has 1 aromatic heterocycles. The van der Waals surface area contributed by atoms with Gasteiger partial charge in [0.25, 0.3) is 0 Å². The Morgan fingerprint density at radius 1 is 1.24 bits per heavy atom. The monoisotopic (exact) mass is 283 g/mol. The van der Waals surface area contributed by atoms with E-state index in [0.29, 0.717) is 25.2 Å². The van der Waals surface area contributed by atoms with Crippen LogP contribution >= 0.6 is 0 Å². The number of hydrogen-bond donors (Lipinski definition) is 1. The minimum absolute atomic E-state index is 0.0815. The van der Waals surface area contributed by atoms with Gasteiger partial charge in [-0.2, -0.15) is 0 Å². The molecule has 4 heteroatoms. The molecule has 110 valence electrons. The summed E-state index contributed by atoms with van der Waals surface area (Å²) in [5, 5.41) is 0. The third-order valence-electron chi connectivity index (χ3n) is 3.54. The Morgan fingerprint density at radius 2 is 2.00 bits per heavy atom. The van der Waals surface area contributed by atoms with Crippen molar-refractivity contribution in [2.24, 2.45) is 0 Å². The van der Waals surface area contributed by atoms with Crippen LogP contribution in [-0.2, 0) is 17.8 Å². The Morgan fingerprint density at radius 3 is 2.62 bits per heavy atom. The number of aryl methyl sites for hydroxylation is 1. The molecule has 0 aliphatic heterocycles. The van der Waals surface area contributed by atoms with Crippen LogP contribution in [0.2, 0.25) is 0 Å². The van der Waals surface area contributed by atoms with Crippen molar-refractivity contribution in [2.45, 2.75) is 26.8 Å². The average Bonchev–Trinajstić information content (AvgIpc) is 2.48. The van der Waals surface area contributed by atoms with Gasteiger partial charge in [0.2, 0.25) is 5.91 Å². The van der Waals surface area contributed by atoms with E-state index in [4.69, 9.17) is 5.73 Å². The first-order chi connectivity index (χ1) is 10.1. The Bertz CT molecular complexity index is 608. The van der Waals surface area contributed by atoms with Crippen molar-refractivity contribution in [3.8, 4) is 0 Å². The topological polar surface area (TPSA) is 59.2 Å². The molecular weight excluding hydrogens is 262 g/mol. The minimum Gasteiger partial charge on any atom is -0.397 e. The summed E-state index contributed by atoms with van der Waals surface area (Å²) in [6.45, 7) is 5.38. The maximum Gasteiger partial charge on any atom is 0.228 e. The van der Waals surface area contributed by atoms with Crippen molar-refractivity contribution in [3.05, 3.63) is 59.4 Å². The van der Waals surface area contributed by atoms with Crippen LogP contribution in [0.15, 0.2) is 42.6 Å². The number of benzene rings is 1. The van der Waals surface area contributed by atoms with Crippen LogP contribution in [0, 0.1) is 6.92 Å². The molecule has 0 bridgehead atoms. The molecule has 0 radical (unpaired) electrons. The van der Waals surface area contributed by atoms with Crippen LogP contribution in [0.3, 0.4) is 0 Å². The van der Waals surface area contributed by atoms with Gasteiger partial charge in [-0.25, -0.2) is 0 Å². The predicted molar refractivity (Wildman–Crippen MR) is 84.6 cm³/mol. The van der Waals surface area contributed by atoms with Gasteiger partial charge in [0.1, 0.15) is 0 Å². The first-order valence-electron chi connectivity index (χ1n) is 7.13. The van der Waals surface area contributed by atoms with Crippen LogP contribution in [0.5, 0.6) is 0 Å². The number of nitrogen functional groups attached to an aromatic ring is 1. The molecule has 2 N–H and O–H groups in total. The van der Waals surface area contributed by atoms with E-state index in [1.165, 1.54) is 11.1 Å². The summed E-state index contributed by atoms with van der Waals surface area (Å²) >= 11 is 0. The van der Waals surface area contributed by atoms with Crippen LogP contribution in [0.25, 0.3) is 0 Å². The molecule has 0 unspecified atom stereocenters.